The Kier molecular flexibility index (Phi) is 3.17. The Hall–Kier alpha value is -1.78. The molecule has 0 aliphatic heterocycles. The number of rotatable bonds is 3. The van der Waals surface area contributed by atoms with Gasteiger partial charge in [-0.05, 0) is 19.1 Å². The molecule has 0 atom stereocenters. The van der Waals surface area contributed by atoms with E-state index in [2.05, 4.69) is 5.10 Å². The highest BCUT2D eigenvalue weighted by Gasteiger charge is 2.20. The summed E-state index contributed by atoms with van der Waals surface area (Å²) in [6, 6.07) is 5.79. The lowest BCUT2D eigenvalue weighted by Gasteiger charge is -2.02. The topological polar surface area (TPSA) is 17.8 Å². The van der Waals surface area contributed by atoms with Gasteiger partial charge in [0.05, 0.1) is 5.56 Å². The van der Waals surface area contributed by atoms with Crippen LogP contribution in [-0.2, 0) is 6.54 Å². The zero-order valence-electron chi connectivity index (χ0n) is 9.20. The van der Waals surface area contributed by atoms with E-state index in [0.29, 0.717) is 6.54 Å². The van der Waals surface area contributed by atoms with Crippen molar-refractivity contribution in [1.82, 2.24) is 9.78 Å². The van der Waals surface area contributed by atoms with Crippen molar-refractivity contribution in [2.75, 3.05) is 0 Å². The fourth-order valence-corrected chi connectivity index (χ4v) is 1.62. The summed E-state index contributed by atoms with van der Waals surface area (Å²) < 4.78 is 40.6. The maximum atomic E-state index is 13.5. The molecule has 0 N–H and O–H groups in total. The highest BCUT2D eigenvalue weighted by molar-refractivity contribution is 5.63. The molecule has 0 saturated carbocycles. The lowest BCUT2D eigenvalue weighted by atomic mass is 10.1. The van der Waals surface area contributed by atoms with E-state index in [0.717, 1.165) is 0 Å². The minimum Gasteiger partial charge on any atom is -0.272 e. The van der Waals surface area contributed by atoms with Crippen molar-refractivity contribution in [3.05, 3.63) is 41.8 Å². The number of hydrogen-bond acceptors (Lipinski definition) is 1. The SMILES string of the molecule is CCn1cc(C(F)F)c(-c2ccccc2F)n1. The zero-order chi connectivity index (χ0) is 12.4. The van der Waals surface area contributed by atoms with Crippen molar-refractivity contribution in [1.29, 1.82) is 0 Å². The van der Waals surface area contributed by atoms with Gasteiger partial charge in [-0.1, -0.05) is 12.1 Å². The second kappa shape index (κ2) is 4.61. The Labute approximate surface area is 96.7 Å². The van der Waals surface area contributed by atoms with Crippen LogP contribution < -0.4 is 0 Å². The highest BCUT2D eigenvalue weighted by atomic mass is 19.3. The highest BCUT2D eigenvalue weighted by Crippen LogP contribution is 2.31. The smallest absolute Gasteiger partial charge is 0.267 e. The minimum atomic E-state index is -2.66. The van der Waals surface area contributed by atoms with Gasteiger partial charge in [-0.25, -0.2) is 13.2 Å². The lowest BCUT2D eigenvalue weighted by Crippen LogP contribution is -1.94. The third kappa shape index (κ3) is 2.18. The van der Waals surface area contributed by atoms with Crippen molar-refractivity contribution in [2.24, 2.45) is 0 Å². The third-order valence-corrected chi connectivity index (χ3v) is 2.48. The van der Waals surface area contributed by atoms with Crippen LogP contribution in [0, 0.1) is 5.82 Å². The van der Waals surface area contributed by atoms with Gasteiger partial charge in [0.1, 0.15) is 11.5 Å². The Morgan fingerprint density at radius 3 is 2.59 bits per heavy atom. The predicted molar refractivity (Wildman–Crippen MR) is 58.3 cm³/mol. The first kappa shape index (κ1) is 11.7. The predicted octanol–water partition coefficient (Wildman–Crippen LogP) is 3.65. The lowest BCUT2D eigenvalue weighted by molar-refractivity contribution is 0.152. The van der Waals surface area contributed by atoms with E-state index in [1.165, 1.54) is 29.1 Å². The normalized spacial score (nSPS) is 11.1. The Balaban J connectivity index is 2.58. The van der Waals surface area contributed by atoms with Gasteiger partial charge in [0.25, 0.3) is 6.43 Å². The van der Waals surface area contributed by atoms with E-state index >= 15 is 0 Å². The molecule has 0 aliphatic carbocycles. The molecule has 0 amide bonds. The van der Waals surface area contributed by atoms with Gasteiger partial charge in [0.15, 0.2) is 0 Å². The maximum Gasteiger partial charge on any atom is 0.267 e. The summed E-state index contributed by atoms with van der Waals surface area (Å²) in [5.41, 5.74) is -0.119. The van der Waals surface area contributed by atoms with Crippen LogP contribution in [0.25, 0.3) is 11.3 Å². The number of aryl methyl sites for hydroxylation is 1. The summed E-state index contributed by atoms with van der Waals surface area (Å²) >= 11 is 0. The molecule has 2 aromatic rings. The van der Waals surface area contributed by atoms with Crippen LogP contribution in [0.1, 0.15) is 18.9 Å². The van der Waals surface area contributed by atoms with Crippen LogP contribution in [0.15, 0.2) is 30.5 Å². The van der Waals surface area contributed by atoms with Crippen LogP contribution >= 0.6 is 0 Å². The summed E-state index contributed by atoms with van der Waals surface area (Å²) in [4.78, 5) is 0. The molecular weight excluding hydrogens is 229 g/mol. The molecule has 0 radical (unpaired) electrons. The van der Waals surface area contributed by atoms with Gasteiger partial charge in [-0.3, -0.25) is 4.68 Å². The Morgan fingerprint density at radius 2 is 2.00 bits per heavy atom. The third-order valence-electron chi connectivity index (χ3n) is 2.48. The van der Waals surface area contributed by atoms with E-state index in [1.807, 2.05) is 0 Å². The van der Waals surface area contributed by atoms with Crippen molar-refractivity contribution < 1.29 is 13.2 Å². The average molecular weight is 240 g/mol. The van der Waals surface area contributed by atoms with E-state index in [1.54, 1.807) is 13.0 Å². The Morgan fingerprint density at radius 1 is 1.29 bits per heavy atom. The quantitative estimate of drug-likeness (QED) is 0.800. The van der Waals surface area contributed by atoms with Crippen LogP contribution in [0.4, 0.5) is 13.2 Å². The summed E-state index contributed by atoms with van der Waals surface area (Å²) in [6.45, 7) is 2.25. The second-order valence-electron chi connectivity index (χ2n) is 3.57. The van der Waals surface area contributed by atoms with Crippen molar-refractivity contribution in [3.8, 4) is 11.3 Å². The van der Waals surface area contributed by atoms with E-state index < -0.39 is 12.2 Å². The number of hydrogen-bond donors (Lipinski definition) is 0. The molecule has 0 bridgehead atoms. The summed E-state index contributed by atoms with van der Waals surface area (Å²) in [5, 5.41) is 3.98. The molecule has 2 rings (SSSR count). The number of halogens is 3. The molecule has 0 unspecified atom stereocenters. The first-order valence-electron chi connectivity index (χ1n) is 5.24. The van der Waals surface area contributed by atoms with Gasteiger partial charge in [-0.2, -0.15) is 5.10 Å². The standard InChI is InChI=1S/C12H11F3N2/c1-2-17-7-9(12(14)15)11(16-17)8-5-3-4-6-10(8)13/h3-7,12H,2H2,1H3. The molecule has 0 aliphatic rings. The summed E-state index contributed by atoms with van der Waals surface area (Å²) in [5.74, 6) is -0.546. The number of nitrogens with zero attached hydrogens (tertiary/aromatic N) is 2. The van der Waals surface area contributed by atoms with Crippen LogP contribution in [-0.4, -0.2) is 9.78 Å². The first-order valence-corrected chi connectivity index (χ1v) is 5.24. The number of aromatic nitrogens is 2. The first-order chi connectivity index (χ1) is 8.13. The number of benzene rings is 1. The van der Waals surface area contributed by atoms with E-state index in [-0.39, 0.29) is 16.8 Å². The van der Waals surface area contributed by atoms with Gasteiger partial charge in [0, 0.05) is 18.3 Å². The second-order valence-corrected chi connectivity index (χ2v) is 3.57. The molecule has 1 heterocycles. The summed E-state index contributed by atoms with van der Waals surface area (Å²) in [6.07, 6.45) is -1.41. The van der Waals surface area contributed by atoms with Crippen molar-refractivity contribution in [3.63, 3.8) is 0 Å². The van der Waals surface area contributed by atoms with E-state index in [9.17, 15) is 13.2 Å². The molecule has 17 heavy (non-hydrogen) atoms. The van der Waals surface area contributed by atoms with Crippen LogP contribution in [0.3, 0.4) is 0 Å². The largest absolute Gasteiger partial charge is 0.272 e. The van der Waals surface area contributed by atoms with Gasteiger partial charge < -0.3 is 0 Å². The molecule has 0 saturated heterocycles. The fraction of sp³-hybridized carbons (Fsp3) is 0.250. The molecule has 1 aromatic heterocycles. The summed E-state index contributed by atoms with van der Waals surface area (Å²) in [7, 11) is 0. The van der Waals surface area contributed by atoms with Gasteiger partial charge in [0.2, 0.25) is 0 Å². The van der Waals surface area contributed by atoms with Crippen LogP contribution in [0.2, 0.25) is 0 Å². The molecule has 90 valence electrons. The van der Waals surface area contributed by atoms with Crippen LogP contribution in [0.5, 0.6) is 0 Å². The molecule has 0 fully saturated rings. The van der Waals surface area contributed by atoms with Gasteiger partial charge in [-0.15, -0.1) is 0 Å². The minimum absolute atomic E-state index is 0.0138. The van der Waals surface area contributed by atoms with Crippen molar-refractivity contribution >= 4 is 0 Å². The monoisotopic (exact) mass is 240 g/mol. The fourth-order valence-electron chi connectivity index (χ4n) is 1.62. The van der Waals surface area contributed by atoms with E-state index in [4.69, 9.17) is 0 Å². The molecule has 0 spiro atoms. The van der Waals surface area contributed by atoms with Crippen molar-refractivity contribution in [2.45, 2.75) is 19.9 Å². The molecular formula is C12H11F3N2. The zero-order valence-corrected chi connectivity index (χ0v) is 9.20. The molecule has 5 heteroatoms. The molecule has 1 aromatic carbocycles. The Bertz CT molecular complexity index is 520. The molecule has 2 nitrogen and oxygen atoms in total. The maximum absolute atomic E-state index is 13.5. The van der Waals surface area contributed by atoms with Gasteiger partial charge >= 0.3 is 0 Å². The average Bonchev–Trinajstić information content (AvgIpc) is 2.73. The number of alkyl halides is 2.